The van der Waals surface area contributed by atoms with Crippen molar-refractivity contribution in [3.63, 3.8) is 0 Å². The van der Waals surface area contributed by atoms with E-state index in [2.05, 4.69) is 5.32 Å². The van der Waals surface area contributed by atoms with Crippen LogP contribution in [0.5, 0.6) is 11.5 Å². The molecule has 1 N–H and O–H groups in total. The van der Waals surface area contributed by atoms with E-state index in [1.807, 2.05) is 6.07 Å². The second kappa shape index (κ2) is 5.78. The van der Waals surface area contributed by atoms with Gasteiger partial charge < -0.3 is 14.8 Å². The van der Waals surface area contributed by atoms with Crippen LogP contribution in [-0.4, -0.2) is 26.3 Å². The Morgan fingerprint density at radius 1 is 1.11 bits per heavy atom. The Morgan fingerprint density at radius 2 is 1.79 bits per heavy atom. The molecule has 0 unspecified atom stereocenters. The monoisotopic (exact) mass is 265 g/mol. The molecule has 0 aromatic heterocycles. The number of rotatable bonds is 2. The zero-order valence-electron chi connectivity index (χ0n) is 11.1. The predicted molar refractivity (Wildman–Crippen MR) is 71.3 cm³/mol. The van der Waals surface area contributed by atoms with Gasteiger partial charge in [0.25, 0.3) is 0 Å². The molecule has 0 radical (unpaired) electrons. The highest BCUT2D eigenvalue weighted by Crippen LogP contribution is 2.33. The van der Waals surface area contributed by atoms with Crippen molar-refractivity contribution < 1.29 is 13.9 Å². The molecule has 3 rings (SSSR count). The van der Waals surface area contributed by atoms with E-state index in [-0.39, 0.29) is 5.82 Å². The summed E-state index contributed by atoms with van der Waals surface area (Å²) >= 11 is 0. The van der Waals surface area contributed by atoms with Crippen molar-refractivity contribution in [1.29, 1.82) is 0 Å². The van der Waals surface area contributed by atoms with Gasteiger partial charge in [-0.15, -0.1) is 0 Å². The molecular formula is C15H20FNO2. The minimum atomic E-state index is -0.164. The third-order valence-electron chi connectivity index (χ3n) is 3.88. The number of hydrogen-bond donors (Lipinski definition) is 1. The standard InChI is InChI=1S/C15H20FNO2/c16-13-10-15-14(18-6-1-7-19-15)9-12(13)8-11-2-4-17-5-3-11/h9-11,17H,1-8H2. The smallest absolute Gasteiger partial charge is 0.164 e. The van der Waals surface area contributed by atoms with E-state index in [0.29, 0.717) is 30.6 Å². The maximum atomic E-state index is 14.1. The molecule has 4 heteroatoms. The molecule has 1 saturated heterocycles. The third kappa shape index (κ3) is 3.00. The van der Waals surface area contributed by atoms with Gasteiger partial charge in [-0.1, -0.05) is 0 Å². The molecule has 2 aliphatic heterocycles. The fourth-order valence-electron chi connectivity index (χ4n) is 2.78. The predicted octanol–water partition coefficient (Wildman–Crippen LogP) is 2.53. The van der Waals surface area contributed by atoms with E-state index in [1.165, 1.54) is 6.07 Å². The van der Waals surface area contributed by atoms with Crippen molar-refractivity contribution >= 4 is 0 Å². The van der Waals surface area contributed by atoms with Gasteiger partial charge in [-0.05, 0) is 49.9 Å². The molecule has 1 fully saturated rings. The van der Waals surface area contributed by atoms with Crippen molar-refractivity contribution in [2.45, 2.75) is 25.7 Å². The Labute approximate surface area is 113 Å². The van der Waals surface area contributed by atoms with E-state index < -0.39 is 0 Å². The van der Waals surface area contributed by atoms with Gasteiger partial charge in [-0.2, -0.15) is 0 Å². The number of nitrogens with one attached hydrogen (secondary N) is 1. The highest BCUT2D eigenvalue weighted by Gasteiger charge is 2.19. The maximum Gasteiger partial charge on any atom is 0.164 e. The van der Waals surface area contributed by atoms with Crippen LogP contribution in [0.3, 0.4) is 0 Å². The third-order valence-corrected chi connectivity index (χ3v) is 3.88. The lowest BCUT2D eigenvalue weighted by molar-refractivity contribution is 0.296. The lowest BCUT2D eigenvalue weighted by Gasteiger charge is -2.23. The topological polar surface area (TPSA) is 30.5 Å². The molecule has 0 spiro atoms. The number of piperidine rings is 1. The quantitative estimate of drug-likeness (QED) is 0.891. The van der Waals surface area contributed by atoms with Crippen LogP contribution in [0, 0.1) is 11.7 Å². The second-order valence-electron chi connectivity index (χ2n) is 5.34. The fraction of sp³-hybridized carbons (Fsp3) is 0.600. The summed E-state index contributed by atoms with van der Waals surface area (Å²) in [7, 11) is 0. The number of ether oxygens (including phenoxy) is 2. The minimum Gasteiger partial charge on any atom is -0.490 e. The van der Waals surface area contributed by atoms with E-state index >= 15 is 0 Å². The molecule has 19 heavy (non-hydrogen) atoms. The van der Waals surface area contributed by atoms with Crippen LogP contribution >= 0.6 is 0 Å². The zero-order chi connectivity index (χ0) is 13.1. The average molecular weight is 265 g/mol. The fourth-order valence-corrected chi connectivity index (χ4v) is 2.78. The first-order chi connectivity index (χ1) is 9.33. The van der Waals surface area contributed by atoms with Gasteiger partial charge in [0, 0.05) is 12.5 Å². The van der Waals surface area contributed by atoms with Gasteiger partial charge >= 0.3 is 0 Å². The van der Waals surface area contributed by atoms with E-state index in [1.54, 1.807) is 0 Å². The van der Waals surface area contributed by atoms with Gasteiger partial charge in [-0.3, -0.25) is 0 Å². The summed E-state index contributed by atoms with van der Waals surface area (Å²) in [6, 6.07) is 3.31. The van der Waals surface area contributed by atoms with Gasteiger partial charge in [-0.25, -0.2) is 4.39 Å². The summed E-state index contributed by atoms with van der Waals surface area (Å²) in [5.74, 6) is 1.65. The van der Waals surface area contributed by atoms with E-state index in [0.717, 1.165) is 44.3 Å². The van der Waals surface area contributed by atoms with Crippen molar-refractivity contribution in [3.8, 4) is 11.5 Å². The molecule has 1 aromatic carbocycles. The highest BCUT2D eigenvalue weighted by atomic mass is 19.1. The van der Waals surface area contributed by atoms with Crippen molar-refractivity contribution in [3.05, 3.63) is 23.5 Å². The summed E-state index contributed by atoms with van der Waals surface area (Å²) in [5.41, 5.74) is 0.760. The van der Waals surface area contributed by atoms with Gasteiger partial charge in [0.1, 0.15) is 5.82 Å². The molecule has 0 amide bonds. The summed E-state index contributed by atoms with van der Waals surface area (Å²) in [5, 5.41) is 3.33. The largest absolute Gasteiger partial charge is 0.490 e. The first kappa shape index (κ1) is 12.7. The molecular weight excluding hydrogens is 245 g/mol. The number of halogens is 1. The minimum absolute atomic E-state index is 0.164. The first-order valence-electron chi connectivity index (χ1n) is 7.11. The Morgan fingerprint density at radius 3 is 2.53 bits per heavy atom. The van der Waals surface area contributed by atoms with Crippen LogP contribution in [0.2, 0.25) is 0 Å². The van der Waals surface area contributed by atoms with Crippen LogP contribution in [0.4, 0.5) is 4.39 Å². The Balaban J connectivity index is 1.78. The van der Waals surface area contributed by atoms with Crippen molar-refractivity contribution in [2.75, 3.05) is 26.3 Å². The van der Waals surface area contributed by atoms with Crippen LogP contribution in [0.25, 0.3) is 0 Å². The maximum absolute atomic E-state index is 14.1. The second-order valence-corrected chi connectivity index (χ2v) is 5.34. The summed E-state index contributed by atoms with van der Waals surface area (Å²) < 4.78 is 25.2. The Bertz CT molecular complexity index is 444. The molecule has 104 valence electrons. The summed E-state index contributed by atoms with van der Waals surface area (Å²) in [6.45, 7) is 3.32. The summed E-state index contributed by atoms with van der Waals surface area (Å²) in [6.07, 6.45) is 3.88. The molecule has 0 aliphatic carbocycles. The van der Waals surface area contributed by atoms with Crippen LogP contribution in [0.1, 0.15) is 24.8 Å². The van der Waals surface area contributed by atoms with E-state index in [9.17, 15) is 4.39 Å². The normalized spacial score (nSPS) is 20.1. The molecule has 2 heterocycles. The molecule has 0 bridgehead atoms. The molecule has 0 atom stereocenters. The molecule has 3 nitrogen and oxygen atoms in total. The van der Waals surface area contributed by atoms with Gasteiger partial charge in [0.2, 0.25) is 0 Å². The van der Waals surface area contributed by atoms with Crippen molar-refractivity contribution in [2.24, 2.45) is 5.92 Å². The van der Waals surface area contributed by atoms with Crippen molar-refractivity contribution in [1.82, 2.24) is 5.32 Å². The Hall–Kier alpha value is -1.29. The van der Waals surface area contributed by atoms with Crippen LogP contribution in [-0.2, 0) is 6.42 Å². The lowest BCUT2D eigenvalue weighted by atomic mass is 9.90. The average Bonchev–Trinajstić information content (AvgIpc) is 2.65. The molecule has 0 saturated carbocycles. The molecule has 1 aromatic rings. The zero-order valence-corrected chi connectivity index (χ0v) is 11.1. The van der Waals surface area contributed by atoms with Gasteiger partial charge in [0.05, 0.1) is 13.2 Å². The lowest BCUT2D eigenvalue weighted by Crippen LogP contribution is -2.28. The summed E-state index contributed by atoms with van der Waals surface area (Å²) in [4.78, 5) is 0. The first-order valence-corrected chi connectivity index (χ1v) is 7.11. The number of benzene rings is 1. The highest BCUT2D eigenvalue weighted by molar-refractivity contribution is 5.44. The number of hydrogen-bond acceptors (Lipinski definition) is 3. The van der Waals surface area contributed by atoms with E-state index in [4.69, 9.17) is 9.47 Å². The van der Waals surface area contributed by atoms with Crippen LogP contribution < -0.4 is 14.8 Å². The molecule has 2 aliphatic rings. The Kier molecular flexibility index (Phi) is 3.87. The SMILES string of the molecule is Fc1cc2c(cc1CC1CCNCC1)OCCCO2. The van der Waals surface area contributed by atoms with Crippen LogP contribution in [0.15, 0.2) is 12.1 Å². The van der Waals surface area contributed by atoms with Gasteiger partial charge in [0.15, 0.2) is 11.5 Å². The number of fused-ring (bicyclic) bond motifs is 1.